The summed E-state index contributed by atoms with van der Waals surface area (Å²) in [6.07, 6.45) is 0.998. The first-order valence-electron chi connectivity index (χ1n) is 9.85. The molecule has 28 heavy (non-hydrogen) atoms. The van der Waals surface area contributed by atoms with Gasteiger partial charge in [-0.2, -0.15) is 0 Å². The summed E-state index contributed by atoms with van der Waals surface area (Å²) in [7, 11) is 0. The number of piperazine rings is 1. The lowest BCUT2D eigenvalue weighted by molar-refractivity contribution is 0.0743. The third-order valence-electron chi connectivity index (χ3n) is 5.13. The molecule has 1 amide bonds. The van der Waals surface area contributed by atoms with E-state index in [2.05, 4.69) is 36.9 Å². The molecule has 4 rings (SSSR count). The first-order chi connectivity index (χ1) is 13.7. The van der Waals surface area contributed by atoms with Gasteiger partial charge in [-0.15, -0.1) is 11.8 Å². The Hall–Kier alpha value is -2.05. The fourth-order valence-electron chi connectivity index (χ4n) is 3.61. The zero-order valence-corrected chi connectivity index (χ0v) is 18.0. The van der Waals surface area contributed by atoms with Gasteiger partial charge in [0.25, 0.3) is 5.91 Å². The van der Waals surface area contributed by atoms with E-state index in [9.17, 15) is 4.79 Å². The summed E-state index contributed by atoms with van der Waals surface area (Å²) in [4.78, 5) is 23.3. The fraction of sp³-hybridized carbons (Fsp3) is 0.364. The molecule has 0 radical (unpaired) electrons. The Kier molecular flexibility index (Phi) is 5.87. The van der Waals surface area contributed by atoms with Crippen LogP contribution in [0.15, 0.2) is 47.4 Å². The number of nitrogens with zero attached hydrogens (tertiary/aromatic N) is 3. The lowest BCUT2D eigenvalue weighted by Gasteiger charge is -2.34. The summed E-state index contributed by atoms with van der Waals surface area (Å²) in [5.41, 5.74) is 3.27. The van der Waals surface area contributed by atoms with E-state index in [-0.39, 0.29) is 5.91 Å². The maximum Gasteiger partial charge on any atom is 0.255 e. The molecule has 0 bridgehead atoms. The smallest absolute Gasteiger partial charge is 0.255 e. The van der Waals surface area contributed by atoms with Crippen LogP contribution in [0.1, 0.15) is 29.8 Å². The highest BCUT2D eigenvalue weighted by Gasteiger charge is 2.25. The molecule has 1 aromatic heterocycles. The predicted molar refractivity (Wildman–Crippen MR) is 120 cm³/mol. The van der Waals surface area contributed by atoms with Gasteiger partial charge in [0.1, 0.15) is 0 Å². The van der Waals surface area contributed by atoms with Crippen LogP contribution >= 0.6 is 23.1 Å². The number of rotatable bonds is 5. The highest BCUT2D eigenvalue weighted by Crippen LogP contribution is 2.32. The molecule has 1 saturated heterocycles. The van der Waals surface area contributed by atoms with Gasteiger partial charge in [0.15, 0.2) is 5.13 Å². The summed E-state index contributed by atoms with van der Waals surface area (Å²) < 4.78 is 1.25. The molecule has 0 saturated carbocycles. The molecule has 146 valence electrons. The van der Waals surface area contributed by atoms with Crippen molar-refractivity contribution in [1.82, 2.24) is 9.88 Å². The summed E-state index contributed by atoms with van der Waals surface area (Å²) in [5.74, 6) is 1.11. The number of anilines is 1. The van der Waals surface area contributed by atoms with Crippen LogP contribution < -0.4 is 4.90 Å². The van der Waals surface area contributed by atoms with Crippen LogP contribution in [0.4, 0.5) is 5.13 Å². The van der Waals surface area contributed by atoms with Crippen LogP contribution in [0.3, 0.4) is 0 Å². The molecule has 3 aromatic rings. The molecular formula is C22H25N3OS2. The molecule has 1 aliphatic heterocycles. The van der Waals surface area contributed by atoms with Crippen LogP contribution in [0, 0.1) is 0 Å². The van der Waals surface area contributed by atoms with Crippen molar-refractivity contribution in [3.8, 4) is 0 Å². The second kappa shape index (κ2) is 8.53. The Morgan fingerprint density at radius 2 is 1.86 bits per heavy atom. The number of para-hydroxylation sites is 1. The number of carbonyl (C=O) groups is 1. The van der Waals surface area contributed by atoms with Gasteiger partial charge in [0.05, 0.1) is 15.8 Å². The van der Waals surface area contributed by atoms with E-state index in [1.165, 1.54) is 10.3 Å². The maximum atomic E-state index is 13.0. The van der Waals surface area contributed by atoms with Crippen molar-refractivity contribution < 1.29 is 4.79 Å². The zero-order valence-electron chi connectivity index (χ0n) is 16.4. The largest absolute Gasteiger partial charge is 0.345 e. The predicted octanol–water partition coefficient (Wildman–Crippen LogP) is 4.93. The van der Waals surface area contributed by atoms with Crippen LogP contribution in [-0.4, -0.2) is 47.7 Å². The van der Waals surface area contributed by atoms with Gasteiger partial charge >= 0.3 is 0 Å². The van der Waals surface area contributed by atoms with Gasteiger partial charge in [-0.25, -0.2) is 4.98 Å². The number of hydrogen-bond acceptors (Lipinski definition) is 5. The minimum atomic E-state index is 0.147. The lowest BCUT2D eigenvalue weighted by atomic mass is 10.1. The molecule has 0 N–H and O–H groups in total. The molecule has 1 fully saturated rings. The normalized spacial score (nSPS) is 14.6. The summed E-state index contributed by atoms with van der Waals surface area (Å²) in [6, 6.07) is 14.4. The molecule has 6 heteroatoms. The Balaban J connectivity index is 1.47. The van der Waals surface area contributed by atoms with Gasteiger partial charge in [0, 0.05) is 31.1 Å². The number of hydrogen-bond donors (Lipinski definition) is 0. The highest BCUT2D eigenvalue weighted by atomic mass is 32.2. The number of aryl methyl sites for hydroxylation is 1. The minimum absolute atomic E-state index is 0.147. The minimum Gasteiger partial charge on any atom is -0.345 e. The van der Waals surface area contributed by atoms with E-state index >= 15 is 0 Å². The first kappa shape index (κ1) is 19.3. The topological polar surface area (TPSA) is 36.4 Å². The molecule has 1 aliphatic rings. The molecule has 0 unspecified atom stereocenters. The van der Waals surface area contributed by atoms with E-state index in [1.807, 2.05) is 29.2 Å². The van der Waals surface area contributed by atoms with Gasteiger partial charge in [-0.05, 0) is 35.9 Å². The van der Waals surface area contributed by atoms with E-state index in [0.717, 1.165) is 59.5 Å². The number of fused-ring (bicyclic) bond motifs is 1. The van der Waals surface area contributed by atoms with E-state index in [1.54, 1.807) is 23.1 Å². The molecule has 4 nitrogen and oxygen atoms in total. The maximum absolute atomic E-state index is 13.0. The molecule has 0 atom stereocenters. The van der Waals surface area contributed by atoms with Gasteiger partial charge in [0.2, 0.25) is 0 Å². The third-order valence-corrected chi connectivity index (χ3v) is 7.16. The van der Waals surface area contributed by atoms with Gasteiger partial charge in [-0.3, -0.25) is 4.79 Å². The number of benzene rings is 2. The van der Waals surface area contributed by atoms with Crippen molar-refractivity contribution in [1.29, 1.82) is 0 Å². The second-order valence-corrected chi connectivity index (χ2v) is 9.14. The average Bonchev–Trinajstić information content (AvgIpc) is 3.18. The number of carbonyl (C=O) groups excluding carboxylic acids is 1. The van der Waals surface area contributed by atoms with Gasteiger partial charge in [-0.1, -0.05) is 49.4 Å². The summed E-state index contributed by atoms with van der Waals surface area (Å²) in [5, 5.41) is 1.07. The number of amides is 1. The molecule has 0 aliphatic carbocycles. The van der Waals surface area contributed by atoms with Crippen LogP contribution in [0.25, 0.3) is 10.2 Å². The van der Waals surface area contributed by atoms with Crippen molar-refractivity contribution in [3.05, 3.63) is 53.6 Å². The first-order valence-corrected chi connectivity index (χ1v) is 11.7. The second-order valence-electron chi connectivity index (χ2n) is 6.82. The SMILES string of the molecule is CCSc1ccccc1C(=O)N1CCN(c2nc3c(CC)cccc3s2)CC1. The molecule has 2 aromatic carbocycles. The Labute approximate surface area is 174 Å². The molecule has 0 spiro atoms. The zero-order chi connectivity index (χ0) is 19.5. The summed E-state index contributed by atoms with van der Waals surface area (Å²) in [6.45, 7) is 7.42. The van der Waals surface area contributed by atoms with Crippen LogP contribution in [-0.2, 0) is 6.42 Å². The van der Waals surface area contributed by atoms with E-state index in [4.69, 9.17) is 4.98 Å². The van der Waals surface area contributed by atoms with Crippen molar-refractivity contribution in [2.45, 2.75) is 25.2 Å². The van der Waals surface area contributed by atoms with E-state index in [0.29, 0.717) is 0 Å². The fourth-order valence-corrected chi connectivity index (χ4v) is 5.47. The number of aromatic nitrogens is 1. The van der Waals surface area contributed by atoms with Crippen molar-refractivity contribution in [2.24, 2.45) is 0 Å². The van der Waals surface area contributed by atoms with Crippen molar-refractivity contribution in [3.63, 3.8) is 0 Å². The number of thioether (sulfide) groups is 1. The highest BCUT2D eigenvalue weighted by molar-refractivity contribution is 7.99. The molecular weight excluding hydrogens is 386 g/mol. The van der Waals surface area contributed by atoms with Crippen molar-refractivity contribution in [2.75, 3.05) is 36.8 Å². The van der Waals surface area contributed by atoms with E-state index < -0.39 is 0 Å². The van der Waals surface area contributed by atoms with Crippen LogP contribution in [0.5, 0.6) is 0 Å². The third kappa shape index (κ3) is 3.76. The monoisotopic (exact) mass is 411 g/mol. The Bertz CT molecular complexity index is 977. The lowest BCUT2D eigenvalue weighted by Crippen LogP contribution is -2.48. The van der Waals surface area contributed by atoms with Crippen LogP contribution in [0.2, 0.25) is 0 Å². The van der Waals surface area contributed by atoms with Gasteiger partial charge < -0.3 is 9.80 Å². The Morgan fingerprint density at radius 1 is 1.07 bits per heavy atom. The average molecular weight is 412 g/mol. The summed E-state index contributed by atoms with van der Waals surface area (Å²) >= 11 is 3.49. The standard InChI is InChI=1S/C22H25N3OS2/c1-3-16-8-7-11-19-20(16)23-22(28-19)25-14-12-24(13-15-25)21(26)17-9-5-6-10-18(17)27-4-2/h5-11H,3-4,12-15H2,1-2H3. The van der Waals surface area contributed by atoms with Crippen molar-refractivity contribution >= 4 is 44.4 Å². The quantitative estimate of drug-likeness (QED) is 0.558. The number of thiazole rings is 1. The molecule has 2 heterocycles. The Morgan fingerprint density at radius 3 is 2.61 bits per heavy atom.